The first-order valence-electron chi connectivity index (χ1n) is 13.3. The summed E-state index contributed by atoms with van der Waals surface area (Å²) in [6.07, 6.45) is 1.26. The fourth-order valence-electron chi connectivity index (χ4n) is 4.14. The van der Waals surface area contributed by atoms with Gasteiger partial charge in [-0.3, -0.25) is 9.59 Å². The third-order valence-corrected chi connectivity index (χ3v) is 6.27. The van der Waals surface area contributed by atoms with Gasteiger partial charge in [0.25, 0.3) is 0 Å². The number of nitrogens with zero attached hydrogens (tertiary/aromatic N) is 1. The van der Waals surface area contributed by atoms with Gasteiger partial charge >= 0.3 is 0 Å². The number of aryl methyl sites for hydroxylation is 1. The number of methoxy groups -OCH3 is 1. The molecule has 0 aliphatic carbocycles. The summed E-state index contributed by atoms with van der Waals surface area (Å²) in [4.78, 5) is 28.9. The summed E-state index contributed by atoms with van der Waals surface area (Å²) >= 11 is 0. The minimum atomic E-state index is -0.645. The number of carbonyl (C=O) groups is 2. The van der Waals surface area contributed by atoms with Crippen molar-refractivity contribution < 1.29 is 19.1 Å². The third-order valence-electron chi connectivity index (χ3n) is 6.27. The topological polar surface area (TPSA) is 67.9 Å². The highest BCUT2D eigenvalue weighted by molar-refractivity contribution is 5.88. The molecule has 0 radical (unpaired) electrons. The van der Waals surface area contributed by atoms with Gasteiger partial charge in [-0.1, -0.05) is 74.0 Å². The molecule has 0 bridgehead atoms. The molecular formula is C32H40N2O4. The minimum Gasteiger partial charge on any atom is -0.497 e. The largest absolute Gasteiger partial charge is 0.497 e. The van der Waals surface area contributed by atoms with E-state index >= 15 is 0 Å². The second-order valence-electron chi connectivity index (χ2n) is 9.98. The summed E-state index contributed by atoms with van der Waals surface area (Å²) in [6.45, 7) is 7.42. The maximum absolute atomic E-state index is 13.7. The van der Waals surface area contributed by atoms with Gasteiger partial charge in [0, 0.05) is 25.9 Å². The molecule has 1 N–H and O–H groups in total. The Morgan fingerprint density at radius 3 is 2.29 bits per heavy atom. The van der Waals surface area contributed by atoms with E-state index < -0.39 is 6.04 Å². The van der Waals surface area contributed by atoms with Crippen LogP contribution in [0.4, 0.5) is 0 Å². The Kier molecular flexibility index (Phi) is 11.2. The van der Waals surface area contributed by atoms with Crippen molar-refractivity contribution in [2.75, 3.05) is 20.3 Å². The summed E-state index contributed by atoms with van der Waals surface area (Å²) in [5, 5.41) is 3.06. The molecule has 0 aromatic heterocycles. The van der Waals surface area contributed by atoms with Crippen LogP contribution in [0.1, 0.15) is 43.4 Å². The first kappa shape index (κ1) is 28.8. The van der Waals surface area contributed by atoms with Gasteiger partial charge in [0.1, 0.15) is 17.5 Å². The van der Waals surface area contributed by atoms with Gasteiger partial charge in [0.15, 0.2) is 0 Å². The second-order valence-corrected chi connectivity index (χ2v) is 9.98. The van der Waals surface area contributed by atoms with E-state index in [1.165, 1.54) is 5.56 Å². The van der Waals surface area contributed by atoms with Crippen LogP contribution in [0, 0.1) is 12.8 Å². The van der Waals surface area contributed by atoms with Crippen LogP contribution in [0.25, 0.3) is 0 Å². The lowest BCUT2D eigenvalue weighted by Gasteiger charge is -2.32. The number of benzene rings is 3. The summed E-state index contributed by atoms with van der Waals surface area (Å²) < 4.78 is 11.2. The minimum absolute atomic E-state index is 0.0824. The van der Waals surface area contributed by atoms with E-state index in [1.54, 1.807) is 12.0 Å². The SMILES string of the molecule is COc1cccc(CN(C(=O)CCCOc2ccc(C)cc2)C(Cc2ccccc2)C(=O)NCC(C)C)c1. The van der Waals surface area contributed by atoms with E-state index in [9.17, 15) is 9.59 Å². The van der Waals surface area contributed by atoms with E-state index in [0.29, 0.717) is 44.2 Å². The maximum Gasteiger partial charge on any atom is 0.243 e. The lowest BCUT2D eigenvalue weighted by Crippen LogP contribution is -2.51. The number of hydrogen-bond acceptors (Lipinski definition) is 4. The van der Waals surface area contributed by atoms with Crippen LogP contribution in [0.5, 0.6) is 11.5 Å². The lowest BCUT2D eigenvalue weighted by molar-refractivity contribution is -0.141. The number of nitrogens with one attached hydrogen (secondary N) is 1. The first-order valence-corrected chi connectivity index (χ1v) is 13.3. The molecule has 0 fully saturated rings. The van der Waals surface area contributed by atoms with Crippen molar-refractivity contribution in [1.29, 1.82) is 0 Å². The molecule has 3 aromatic rings. The molecule has 202 valence electrons. The normalized spacial score (nSPS) is 11.6. The van der Waals surface area contributed by atoms with Crippen molar-refractivity contribution in [3.63, 3.8) is 0 Å². The van der Waals surface area contributed by atoms with Crippen molar-refractivity contribution in [3.05, 3.63) is 95.6 Å². The van der Waals surface area contributed by atoms with Crippen LogP contribution in [-0.2, 0) is 22.6 Å². The van der Waals surface area contributed by atoms with Crippen LogP contribution in [-0.4, -0.2) is 43.0 Å². The average molecular weight is 517 g/mol. The van der Waals surface area contributed by atoms with Gasteiger partial charge in [0.2, 0.25) is 11.8 Å². The predicted octanol–water partition coefficient (Wildman–Crippen LogP) is 5.57. The molecule has 6 nitrogen and oxygen atoms in total. The molecule has 3 rings (SSSR count). The van der Waals surface area contributed by atoms with Crippen LogP contribution in [0.2, 0.25) is 0 Å². The number of rotatable bonds is 14. The fourth-order valence-corrected chi connectivity index (χ4v) is 4.14. The smallest absolute Gasteiger partial charge is 0.243 e. The molecule has 0 aliphatic heterocycles. The zero-order valence-corrected chi connectivity index (χ0v) is 23.0. The molecule has 2 amide bonds. The monoisotopic (exact) mass is 516 g/mol. The molecule has 0 aliphatic rings. The van der Waals surface area contributed by atoms with E-state index in [4.69, 9.17) is 9.47 Å². The molecule has 1 atom stereocenters. The predicted molar refractivity (Wildman–Crippen MR) is 151 cm³/mol. The van der Waals surface area contributed by atoms with Crippen molar-refractivity contribution in [2.45, 2.75) is 52.6 Å². The summed E-state index contributed by atoms with van der Waals surface area (Å²) in [6, 6.07) is 24.7. The van der Waals surface area contributed by atoms with Gasteiger partial charge < -0.3 is 19.7 Å². The molecule has 0 saturated carbocycles. The van der Waals surface area contributed by atoms with Crippen molar-refractivity contribution >= 4 is 11.8 Å². The standard InChI is InChI=1S/C32H40N2O4/c1-24(2)22-33-32(36)30(21-26-10-6-5-7-11-26)34(23-27-12-8-13-29(20-27)37-4)31(35)14-9-19-38-28-17-15-25(3)16-18-28/h5-8,10-13,15-18,20,24,30H,9,14,19,21-23H2,1-4H3,(H,33,36). The Morgan fingerprint density at radius 2 is 1.61 bits per heavy atom. The van der Waals surface area contributed by atoms with E-state index in [2.05, 4.69) is 19.2 Å². The summed E-state index contributed by atoms with van der Waals surface area (Å²) in [7, 11) is 1.62. The van der Waals surface area contributed by atoms with Gasteiger partial charge in [-0.2, -0.15) is 0 Å². The van der Waals surface area contributed by atoms with Crippen LogP contribution in [0.3, 0.4) is 0 Å². The third kappa shape index (κ3) is 9.25. The summed E-state index contributed by atoms with van der Waals surface area (Å²) in [5.74, 6) is 1.57. The molecule has 3 aromatic carbocycles. The Hall–Kier alpha value is -3.80. The Bertz CT molecular complexity index is 1150. The van der Waals surface area contributed by atoms with Crippen LogP contribution < -0.4 is 14.8 Å². The van der Waals surface area contributed by atoms with E-state index in [1.807, 2.05) is 85.8 Å². The van der Waals surface area contributed by atoms with Gasteiger partial charge in [-0.15, -0.1) is 0 Å². The zero-order chi connectivity index (χ0) is 27.3. The highest BCUT2D eigenvalue weighted by Gasteiger charge is 2.30. The maximum atomic E-state index is 13.7. The Labute approximate surface area is 227 Å². The molecule has 6 heteroatoms. The van der Waals surface area contributed by atoms with E-state index in [0.717, 1.165) is 16.9 Å². The van der Waals surface area contributed by atoms with E-state index in [-0.39, 0.29) is 18.2 Å². The van der Waals surface area contributed by atoms with Crippen LogP contribution >= 0.6 is 0 Å². The van der Waals surface area contributed by atoms with Gasteiger partial charge in [-0.25, -0.2) is 0 Å². The fraction of sp³-hybridized carbons (Fsp3) is 0.375. The van der Waals surface area contributed by atoms with Crippen molar-refractivity contribution in [1.82, 2.24) is 10.2 Å². The van der Waals surface area contributed by atoms with Crippen molar-refractivity contribution in [2.24, 2.45) is 5.92 Å². The number of amides is 2. The average Bonchev–Trinajstić information content (AvgIpc) is 2.93. The molecule has 0 heterocycles. The highest BCUT2D eigenvalue weighted by Crippen LogP contribution is 2.20. The molecule has 1 unspecified atom stereocenters. The molecule has 0 saturated heterocycles. The Balaban J connectivity index is 1.80. The second kappa shape index (κ2) is 14.8. The van der Waals surface area contributed by atoms with Crippen LogP contribution in [0.15, 0.2) is 78.9 Å². The molecule has 0 spiro atoms. The van der Waals surface area contributed by atoms with Crippen molar-refractivity contribution in [3.8, 4) is 11.5 Å². The number of carbonyl (C=O) groups excluding carboxylic acids is 2. The quantitative estimate of drug-likeness (QED) is 0.284. The number of ether oxygens (including phenoxy) is 2. The molecular weight excluding hydrogens is 476 g/mol. The molecule has 38 heavy (non-hydrogen) atoms. The summed E-state index contributed by atoms with van der Waals surface area (Å²) in [5.41, 5.74) is 3.08. The van der Waals surface area contributed by atoms with Gasteiger partial charge in [0.05, 0.1) is 13.7 Å². The number of hydrogen-bond donors (Lipinski definition) is 1. The van der Waals surface area contributed by atoms with Gasteiger partial charge in [-0.05, 0) is 54.7 Å². The first-order chi connectivity index (χ1) is 18.4. The Morgan fingerprint density at radius 1 is 0.895 bits per heavy atom. The highest BCUT2D eigenvalue weighted by atomic mass is 16.5. The lowest BCUT2D eigenvalue weighted by atomic mass is 10.0. The zero-order valence-electron chi connectivity index (χ0n) is 23.0.